The highest BCUT2D eigenvalue weighted by atomic mass is 79.9. The van der Waals surface area contributed by atoms with Gasteiger partial charge in [0, 0.05) is 18.6 Å². The molecule has 0 aliphatic carbocycles. The van der Waals surface area contributed by atoms with Crippen molar-refractivity contribution in [2.24, 2.45) is 0 Å². The predicted octanol–water partition coefficient (Wildman–Crippen LogP) is 2.67. The molecule has 1 nitrogen and oxygen atoms in total. The van der Waals surface area contributed by atoms with Gasteiger partial charge in [0.15, 0.2) is 12.4 Å². The molecule has 1 aromatic rings. The molecular formula is C9H13BrN+. The lowest BCUT2D eigenvalue weighted by Crippen LogP contribution is -2.34. The highest BCUT2D eigenvalue weighted by Crippen LogP contribution is 2.12. The lowest BCUT2D eigenvalue weighted by atomic mass is 10.3. The van der Waals surface area contributed by atoms with Gasteiger partial charge < -0.3 is 0 Å². The summed E-state index contributed by atoms with van der Waals surface area (Å²) in [5.74, 6) is 0. The second-order valence-electron chi connectivity index (χ2n) is 2.55. The van der Waals surface area contributed by atoms with E-state index >= 15 is 0 Å². The van der Waals surface area contributed by atoms with Gasteiger partial charge in [-0.2, -0.15) is 4.57 Å². The first-order valence-corrected chi connectivity index (χ1v) is 4.86. The minimum Gasteiger partial charge on any atom is -0.192 e. The van der Waals surface area contributed by atoms with Gasteiger partial charge >= 0.3 is 0 Å². The average Bonchev–Trinajstić information content (AvgIpc) is 2.07. The van der Waals surface area contributed by atoms with Crippen LogP contribution in [-0.2, 0) is 0 Å². The summed E-state index contributed by atoms with van der Waals surface area (Å²) < 4.78 is 2.17. The Morgan fingerprint density at radius 2 is 1.91 bits per heavy atom. The third kappa shape index (κ3) is 2.62. The number of hydrogen-bond donors (Lipinski definition) is 0. The van der Waals surface area contributed by atoms with Gasteiger partial charge in [0.1, 0.15) is 0 Å². The van der Waals surface area contributed by atoms with Gasteiger partial charge in [-0.3, -0.25) is 0 Å². The Bertz CT molecular complexity index is 198. The molecule has 0 amide bonds. The van der Waals surface area contributed by atoms with Crippen LogP contribution in [0.25, 0.3) is 0 Å². The standard InChI is InChI=1S/C9H13BrN/c1-2-6-9(10)11-7-4-3-5-8-11/h3-5,7-9H,2,6H2,1H3/q+1. The summed E-state index contributed by atoms with van der Waals surface area (Å²) >= 11 is 3.61. The molecule has 0 saturated carbocycles. The molecule has 0 aromatic carbocycles. The molecule has 1 atom stereocenters. The highest BCUT2D eigenvalue weighted by Gasteiger charge is 2.10. The molecular weight excluding hydrogens is 202 g/mol. The van der Waals surface area contributed by atoms with E-state index in [0.29, 0.717) is 4.95 Å². The van der Waals surface area contributed by atoms with Crippen LogP contribution < -0.4 is 4.57 Å². The van der Waals surface area contributed by atoms with Gasteiger partial charge in [-0.25, -0.2) is 0 Å². The van der Waals surface area contributed by atoms with Crippen LogP contribution in [0.4, 0.5) is 0 Å². The Kier molecular flexibility index (Phi) is 3.57. The predicted molar refractivity (Wildman–Crippen MR) is 49.5 cm³/mol. The third-order valence-electron chi connectivity index (χ3n) is 1.59. The Balaban J connectivity index is 2.61. The summed E-state index contributed by atoms with van der Waals surface area (Å²) in [6.45, 7) is 2.19. The molecule has 60 valence electrons. The van der Waals surface area contributed by atoms with E-state index in [1.165, 1.54) is 12.8 Å². The Labute approximate surface area is 76.2 Å². The smallest absolute Gasteiger partial charge is 0.192 e. The molecule has 0 saturated heterocycles. The average molecular weight is 215 g/mol. The molecule has 1 heterocycles. The molecule has 0 radical (unpaired) electrons. The largest absolute Gasteiger partial charge is 0.211 e. The SMILES string of the molecule is CCCC(Br)[n+]1ccccc1. The molecule has 0 aliphatic heterocycles. The molecule has 2 heteroatoms. The molecule has 1 unspecified atom stereocenters. The summed E-state index contributed by atoms with van der Waals surface area (Å²) in [6.07, 6.45) is 6.54. The van der Waals surface area contributed by atoms with E-state index in [0.717, 1.165) is 0 Å². The second-order valence-corrected chi connectivity index (χ2v) is 3.60. The maximum Gasteiger partial charge on any atom is 0.211 e. The minimum atomic E-state index is 0.452. The van der Waals surface area contributed by atoms with Crippen molar-refractivity contribution < 1.29 is 4.57 Å². The lowest BCUT2D eigenvalue weighted by Gasteiger charge is -2.01. The van der Waals surface area contributed by atoms with E-state index in [1.54, 1.807) is 0 Å². The van der Waals surface area contributed by atoms with Gasteiger partial charge in [0.05, 0.1) is 0 Å². The Morgan fingerprint density at radius 3 is 2.45 bits per heavy atom. The maximum atomic E-state index is 3.61. The van der Waals surface area contributed by atoms with Crippen molar-refractivity contribution in [2.45, 2.75) is 24.7 Å². The van der Waals surface area contributed by atoms with E-state index in [9.17, 15) is 0 Å². The Hall–Kier alpha value is -0.370. The molecule has 1 rings (SSSR count). The minimum absolute atomic E-state index is 0.452. The van der Waals surface area contributed by atoms with Crippen molar-refractivity contribution >= 4 is 15.9 Å². The van der Waals surface area contributed by atoms with E-state index in [1.807, 2.05) is 18.2 Å². The van der Waals surface area contributed by atoms with Crippen molar-refractivity contribution in [2.75, 3.05) is 0 Å². The fourth-order valence-electron chi connectivity index (χ4n) is 0.986. The zero-order chi connectivity index (χ0) is 8.10. The van der Waals surface area contributed by atoms with Crippen LogP contribution in [0, 0.1) is 0 Å². The van der Waals surface area contributed by atoms with Crippen LogP contribution in [0.1, 0.15) is 24.7 Å². The third-order valence-corrected chi connectivity index (χ3v) is 2.52. The van der Waals surface area contributed by atoms with E-state index in [2.05, 4.69) is 39.8 Å². The molecule has 0 N–H and O–H groups in total. The fourth-order valence-corrected chi connectivity index (χ4v) is 1.72. The quantitative estimate of drug-likeness (QED) is 0.539. The van der Waals surface area contributed by atoms with Crippen molar-refractivity contribution in [3.05, 3.63) is 30.6 Å². The van der Waals surface area contributed by atoms with Crippen LogP contribution in [0.2, 0.25) is 0 Å². The van der Waals surface area contributed by atoms with E-state index in [4.69, 9.17) is 0 Å². The first-order chi connectivity index (χ1) is 5.34. The number of pyridine rings is 1. The summed E-state index contributed by atoms with van der Waals surface area (Å²) in [5.41, 5.74) is 0. The van der Waals surface area contributed by atoms with E-state index < -0.39 is 0 Å². The van der Waals surface area contributed by atoms with Crippen molar-refractivity contribution in [1.29, 1.82) is 0 Å². The summed E-state index contributed by atoms with van der Waals surface area (Å²) in [7, 11) is 0. The van der Waals surface area contributed by atoms with Crippen molar-refractivity contribution in [1.82, 2.24) is 0 Å². The summed E-state index contributed by atoms with van der Waals surface area (Å²) in [6, 6.07) is 6.12. The topological polar surface area (TPSA) is 3.88 Å². The Morgan fingerprint density at radius 1 is 1.27 bits per heavy atom. The first kappa shape index (κ1) is 8.72. The monoisotopic (exact) mass is 214 g/mol. The van der Waals surface area contributed by atoms with Crippen LogP contribution >= 0.6 is 15.9 Å². The van der Waals surface area contributed by atoms with Crippen molar-refractivity contribution in [3.8, 4) is 0 Å². The second kappa shape index (κ2) is 4.50. The van der Waals surface area contributed by atoms with Crippen LogP contribution in [-0.4, -0.2) is 0 Å². The zero-order valence-electron chi connectivity index (χ0n) is 6.70. The van der Waals surface area contributed by atoms with Crippen LogP contribution in [0.15, 0.2) is 30.6 Å². The van der Waals surface area contributed by atoms with Crippen molar-refractivity contribution in [3.63, 3.8) is 0 Å². The molecule has 1 aromatic heterocycles. The first-order valence-electron chi connectivity index (χ1n) is 3.94. The van der Waals surface area contributed by atoms with E-state index in [-0.39, 0.29) is 0 Å². The number of aromatic nitrogens is 1. The van der Waals surface area contributed by atoms with Gasteiger partial charge in [0.25, 0.3) is 0 Å². The maximum absolute atomic E-state index is 3.61. The van der Waals surface area contributed by atoms with Gasteiger partial charge in [-0.15, -0.1) is 0 Å². The van der Waals surface area contributed by atoms with Crippen LogP contribution in [0.3, 0.4) is 0 Å². The van der Waals surface area contributed by atoms with Gasteiger partial charge in [0.2, 0.25) is 4.95 Å². The molecule has 0 aliphatic rings. The zero-order valence-corrected chi connectivity index (χ0v) is 8.29. The van der Waals surface area contributed by atoms with Gasteiger partial charge in [-0.05, 0) is 22.4 Å². The van der Waals surface area contributed by atoms with Gasteiger partial charge in [-0.1, -0.05) is 13.0 Å². The number of alkyl halides is 1. The molecule has 0 fully saturated rings. The van der Waals surface area contributed by atoms with Crippen LogP contribution in [0.5, 0.6) is 0 Å². The number of hydrogen-bond acceptors (Lipinski definition) is 0. The molecule has 0 spiro atoms. The highest BCUT2D eigenvalue weighted by molar-refractivity contribution is 9.09. The fraction of sp³-hybridized carbons (Fsp3) is 0.444. The number of rotatable bonds is 3. The normalized spacial score (nSPS) is 12.9. The lowest BCUT2D eigenvalue weighted by molar-refractivity contribution is -0.698. The number of halogens is 1. The summed E-state index contributed by atoms with van der Waals surface area (Å²) in [5, 5.41) is 0. The molecule has 11 heavy (non-hydrogen) atoms. The summed E-state index contributed by atoms with van der Waals surface area (Å²) in [4.78, 5) is 0.452. The number of nitrogens with zero attached hydrogens (tertiary/aromatic N) is 1. The molecule has 0 bridgehead atoms.